The fraction of sp³-hybridized carbons (Fsp3) is 0.611. The van der Waals surface area contributed by atoms with Crippen LogP contribution in [-0.4, -0.2) is 7.11 Å². The highest BCUT2D eigenvalue weighted by Crippen LogP contribution is 2.62. The molecule has 2 aliphatic rings. The van der Waals surface area contributed by atoms with Crippen LogP contribution in [0.25, 0.3) is 0 Å². The zero-order valence-corrected chi connectivity index (χ0v) is 12.3. The van der Waals surface area contributed by atoms with Crippen molar-refractivity contribution in [3.05, 3.63) is 29.8 Å². The lowest BCUT2D eigenvalue weighted by atomic mass is 9.48. The van der Waals surface area contributed by atoms with Crippen LogP contribution in [0.15, 0.2) is 24.3 Å². The summed E-state index contributed by atoms with van der Waals surface area (Å²) in [6.07, 6.45) is 10.1. The highest BCUT2D eigenvalue weighted by molar-refractivity contribution is 5.47. The first-order valence-corrected chi connectivity index (χ1v) is 7.78. The summed E-state index contributed by atoms with van der Waals surface area (Å²) in [7, 11) is 1.70. The molecule has 0 aliphatic heterocycles. The van der Waals surface area contributed by atoms with Gasteiger partial charge in [-0.1, -0.05) is 43.9 Å². The first kappa shape index (κ1) is 13.5. The van der Waals surface area contributed by atoms with E-state index in [1.54, 1.807) is 7.11 Å². The second-order valence-corrected chi connectivity index (χ2v) is 6.66. The average molecular weight is 269 g/mol. The van der Waals surface area contributed by atoms with Gasteiger partial charge in [0.1, 0.15) is 5.75 Å². The largest absolute Gasteiger partial charge is 0.496 e. The van der Waals surface area contributed by atoms with E-state index in [1.165, 1.54) is 38.5 Å². The molecule has 0 heterocycles. The molecule has 2 saturated carbocycles. The molecule has 0 N–H and O–H groups in total. The minimum absolute atomic E-state index is 0.309. The van der Waals surface area contributed by atoms with Crippen LogP contribution < -0.4 is 4.74 Å². The molecule has 106 valence electrons. The van der Waals surface area contributed by atoms with E-state index in [4.69, 9.17) is 4.74 Å². The van der Waals surface area contributed by atoms with E-state index in [9.17, 15) is 5.26 Å². The van der Waals surface area contributed by atoms with Crippen molar-refractivity contribution >= 4 is 0 Å². The SMILES string of the molecule is COc1ccccc1C1(C#N)CC2(CCCCCC2)C1. The van der Waals surface area contributed by atoms with Gasteiger partial charge in [0.15, 0.2) is 0 Å². The third-order valence-electron chi connectivity index (χ3n) is 5.35. The van der Waals surface area contributed by atoms with Crippen molar-refractivity contribution in [1.82, 2.24) is 0 Å². The Morgan fingerprint density at radius 3 is 2.30 bits per heavy atom. The predicted molar refractivity (Wildman–Crippen MR) is 79.7 cm³/mol. The molecule has 3 rings (SSSR count). The van der Waals surface area contributed by atoms with E-state index in [0.29, 0.717) is 5.41 Å². The molecule has 0 unspecified atom stereocenters. The Kier molecular flexibility index (Phi) is 3.46. The molecule has 0 amide bonds. The Bertz CT molecular complexity index is 512. The molecule has 0 atom stereocenters. The Labute approximate surface area is 121 Å². The molecule has 1 spiro atoms. The second-order valence-electron chi connectivity index (χ2n) is 6.66. The Hall–Kier alpha value is -1.49. The number of nitriles is 1. The number of para-hydroxylation sites is 1. The zero-order chi connectivity index (χ0) is 14.1. The van der Waals surface area contributed by atoms with Gasteiger partial charge in [0.25, 0.3) is 0 Å². The highest BCUT2D eigenvalue weighted by atomic mass is 16.5. The zero-order valence-electron chi connectivity index (χ0n) is 12.3. The minimum atomic E-state index is -0.309. The number of nitrogens with zero attached hydrogens (tertiary/aromatic N) is 1. The van der Waals surface area contributed by atoms with Crippen LogP contribution in [0.3, 0.4) is 0 Å². The topological polar surface area (TPSA) is 33.0 Å². The standard InChI is InChI=1S/C18H23NO/c1-20-16-9-5-4-8-15(16)18(14-19)12-17(13-18)10-6-2-3-7-11-17/h4-5,8-9H,2-3,6-7,10-13H2,1H3. The van der Waals surface area contributed by atoms with Gasteiger partial charge in [0, 0.05) is 5.56 Å². The van der Waals surface area contributed by atoms with E-state index >= 15 is 0 Å². The predicted octanol–water partition coefficient (Wildman–Crippen LogP) is 4.59. The number of hydrogen-bond donors (Lipinski definition) is 0. The maximum absolute atomic E-state index is 9.79. The smallest absolute Gasteiger partial charge is 0.123 e. The molecule has 2 fully saturated rings. The van der Waals surface area contributed by atoms with Crippen LogP contribution in [0, 0.1) is 16.7 Å². The number of benzene rings is 1. The van der Waals surface area contributed by atoms with Crippen LogP contribution in [0.5, 0.6) is 5.75 Å². The molecule has 20 heavy (non-hydrogen) atoms. The molecular formula is C18H23NO. The number of rotatable bonds is 2. The molecule has 2 nitrogen and oxygen atoms in total. The van der Waals surface area contributed by atoms with Gasteiger partial charge in [-0.25, -0.2) is 0 Å². The molecule has 2 aliphatic carbocycles. The third-order valence-corrected chi connectivity index (χ3v) is 5.35. The van der Waals surface area contributed by atoms with Crippen LogP contribution in [0.2, 0.25) is 0 Å². The summed E-state index contributed by atoms with van der Waals surface area (Å²) >= 11 is 0. The molecule has 0 saturated heterocycles. The van der Waals surface area contributed by atoms with E-state index in [0.717, 1.165) is 24.2 Å². The van der Waals surface area contributed by atoms with Crippen molar-refractivity contribution < 1.29 is 4.74 Å². The van der Waals surface area contributed by atoms with Gasteiger partial charge in [0.2, 0.25) is 0 Å². The van der Waals surface area contributed by atoms with Gasteiger partial charge < -0.3 is 4.74 Å². The quantitative estimate of drug-likeness (QED) is 0.786. The maximum atomic E-state index is 9.79. The number of ether oxygens (including phenoxy) is 1. The van der Waals surface area contributed by atoms with Crippen molar-refractivity contribution in [3.63, 3.8) is 0 Å². The maximum Gasteiger partial charge on any atom is 0.123 e. The molecule has 0 bridgehead atoms. The molecular weight excluding hydrogens is 246 g/mol. The van der Waals surface area contributed by atoms with E-state index in [-0.39, 0.29) is 5.41 Å². The van der Waals surface area contributed by atoms with Gasteiger partial charge in [-0.2, -0.15) is 5.26 Å². The summed E-state index contributed by atoms with van der Waals surface area (Å²) in [6.45, 7) is 0. The summed E-state index contributed by atoms with van der Waals surface area (Å²) in [5, 5.41) is 9.79. The molecule has 1 aromatic rings. The third kappa shape index (κ3) is 2.10. The van der Waals surface area contributed by atoms with Crippen LogP contribution >= 0.6 is 0 Å². The van der Waals surface area contributed by atoms with Crippen LogP contribution in [0.1, 0.15) is 56.9 Å². The highest BCUT2D eigenvalue weighted by Gasteiger charge is 2.56. The lowest BCUT2D eigenvalue weighted by Crippen LogP contribution is -2.48. The second kappa shape index (κ2) is 5.13. The number of methoxy groups -OCH3 is 1. The lowest BCUT2D eigenvalue weighted by Gasteiger charge is -2.53. The van der Waals surface area contributed by atoms with Gasteiger partial charge in [0.05, 0.1) is 18.6 Å². The fourth-order valence-corrected chi connectivity index (χ4v) is 4.43. The first-order valence-electron chi connectivity index (χ1n) is 7.78. The van der Waals surface area contributed by atoms with Crippen molar-refractivity contribution in [2.75, 3.05) is 7.11 Å². The fourth-order valence-electron chi connectivity index (χ4n) is 4.43. The van der Waals surface area contributed by atoms with Gasteiger partial charge in [-0.05, 0) is 37.2 Å². The molecule has 2 heteroatoms. The summed E-state index contributed by atoms with van der Waals surface area (Å²) in [5.74, 6) is 0.873. The van der Waals surface area contributed by atoms with E-state index in [2.05, 4.69) is 12.1 Å². The summed E-state index contributed by atoms with van der Waals surface area (Å²) in [4.78, 5) is 0. The van der Waals surface area contributed by atoms with Gasteiger partial charge >= 0.3 is 0 Å². The van der Waals surface area contributed by atoms with Crippen LogP contribution in [0.4, 0.5) is 0 Å². The van der Waals surface area contributed by atoms with Crippen molar-refractivity contribution in [1.29, 1.82) is 5.26 Å². The van der Waals surface area contributed by atoms with Crippen molar-refractivity contribution in [2.45, 2.75) is 56.8 Å². The monoisotopic (exact) mass is 269 g/mol. The summed E-state index contributed by atoms with van der Waals surface area (Å²) < 4.78 is 5.48. The molecule has 0 aromatic heterocycles. The minimum Gasteiger partial charge on any atom is -0.496 e. The van der Waals surface area contributed by atoms with E-state index < -0.39 is 0 Å². The average Bonchev–Trinajstić information content (AvgIpc) is 2.71. The Morgan fingerprint density at radius 1 is 1.05 bits per heavy atom. The van der Waals surface area contributed by atoms with E-state index in [1.807, 2.05) is 18.2 Å². The molecule has 0 radical (unpaired) electrons. The summed E-state index contributed by atoms with van der Waals surface area (Å²) in [6, 6.07) is 10.7. The van der Waals surface area contributed by atoms with Crippen LogP contribution in [-0.2, 0) is 5.41 Å². The summed E-state index contributed by atoms with van der Waals surface area (Å²) in [5.41, 5.74) is 1.23. The number of hydrogen-bond acceptors (Lipinski definition) is 2. The van der Waals surface area contributed by atoms with Gasteiger partial charge in [-0.3, -0.25) is 0 Å². The van der Waals surface area contributed by atoms with Gasteiger partial charge in [-0.15, -0.1) is 0 Å². The normalized spacial score (nSPS) is 23.4. The lowest BCUT2D eigenvalue weighted by molar-refractivity contribution is 0.0385. The first-order chi connectivity index (χ1) is 9.74. The van der Waals surface area contributed by atoms with Crippen molar-refractivity contribution in [2.24, 2.45) is 5.41 Å². The Balaban J connectivity index is 1.87. The Morgan fingerprint density at radius 2 is 1.70 bits per heavy atom. The van der Waals surface area contributed by atoms with Crippen molar-refractivity contribution in [3.8, 4) is 11.8 Å². The molecule has 1 aromatic carbocycles.